The maximum absolute atomic E-state index is 13.4. The number of hydrogen-bond acceptors (Lipinski definition) is 5. The number of carbonyl (C=O) groups is 2. The number of nitrogens with one attached hydrogen (secondary N) is 2. The zero-order valence-electron chi connectivity index (χ0n) is 28.4. The van der Waals surface area contributed by atoms with Crippen LogP contribution < -0.4 is 10.6 Å². The SMILES string of the molecule is Cc1cccc(C)c1NC(=O)C[N+](CCCO)(CCCCO)CCCCCCN1CCCCC1C(=O)Nc1c(C)cccc1C. The van der Waals surface area contributed by atoms with E-state index in [1.807, 2.05) is 64.1 Å². The predicted molar refractivity (Wildman–Crippen MR) is 185 cm³/mol. The van der Waals surface area contributed by atoms with Crippen molar-refractivity contribution in [1.29, 1.82) is 0 Å². The molecule has 2 atom stereocenters. The Balaban J connectivity index is 1.55. The van der Waals surface area contributed by atoms with Gasteiger partial charge in [0.25, 0.3) is 5.91 Å². The van der Waals surface area contributed by atoms with Crippen LogP contribution in [-0.4, -0.2) is 89.9 Å². The fourth-order valence-electron chi connectivity index (χ4n) is 6.92. The van der Waals surface area contributed by atoms with Gasteiger partial charge in [0.2, 0.25) is 5.91 Å². The van der Waals surface area contributed by atoms with Gasteiger partial charge in [0.1, 0.15) is 0 Å². The molecule has 8 nitrogen and oxygen atoms in total. The molecule has 0 aromatic heterocycles. The molecule has 1 fully saturated rings. The number of piperidine rings is 1. The molecular formula is C37H59N4O4+. The van der Waals surface area contributed by atoms with Gasteiger partial charge in [-0.3, -0.25) is 14.5 Å². The van der Waals surface area contributed by atoms with Gasteiger partial charge in [-0.1, -0.05) is 49.2 Å². The average molecular weight is 624 g/mol. The zero-order valence-corrected chi connectivity index (χ0v) is 28.4. The predicted octanol–water partition coefficient (Wildman–Crippen LogP) is 5.88. The fourth-order valence-corrected chi connectivity index (χ4v) is 6.92. The lowest BCUT2D eigenvalue weighted by molar-refractivity contribution is -0.921. The minimum Gasteiger partial charge on any atom is -0.396 e. The number of amides is 2. The highest BCUT2D eigenvalue weighted by atomic mass is 16.3. The lowest BCUT2D eigenvalue weighted by atomic mass is 10.00. The number of benzene rings is 2. The third kappa shape index (κ3) is 11.5. The van der Waals surface area contributed by atoms with Crippen molar-refractivity contribution in [1.82, 2.24) is 4.90 Å². The molecule has 0 saturated carbocycles. The number of likely N-dealkylation sites (tertiary alicyclic amines) is 1. The summed E-state index contributed by atoms with van der Waals surface area (Å²) in [7, 11) is 0. The number of para-hydroxylation sites is 2. The van der Waals surface area contributed by atoms with Crippen molar-refractivity contribution >= 4 is 23.2 Å². The monoisotopic (exact) mass is 623 g/mol. The fraction of sp³-hybridized carbons (Fsp3) is 0.622. The number of carbonyl (C=O) groups excluding carboxylic acids is 2. The van der Waals surface area contributed by atoms with Crippen molar-refractivity contribution in [2.75, 3.05) is 63.1 Å². The van der Waals surface area contributed by atoms with Crippen LogP contribution >= 0.6 is 0 Å². The molecule has 8 heteroatoms. The van der Waals surface area contributed by atoms with Gasteiger partial charge < -0.3 is 25.3 Å². The van der Waals surface area contributed by atoms with Crippen LogP contribution in [0.2, 0.25) is 0 Å². The molecule has 1 saturated heterocycles. The number of aliphatic hydroxyl groups is 2. The third-order valence-electron chi connectivity index (χ3n) is 9.53. The van der Waals surface area contributed by atoms with Crippen molar-refractivity contribution in [2.45, 2.75) is 97.9 Å². The van der Waals surface area contributed by atoms with E-state index in [0.717, 1.165) is 118 Å². The standard InChI is InChI=1S/C37H58N4O4/c1-29-16-13-17-30(2)35(29)38-34(44)28-41(25-15-27-43,24-11-12-26-42)23-10-6-5-8-21-40-22-9-7-20-33(40)37(45)39-36-31(3)18-14-19-32(36)4/h13-14,16-19,33,42-43H,5-12,15,20-28H2,1-4H3,(H-,38,39,44,45)/p+1. The van der Waals surface area contributed by atoms with Crippen molar-refractivity contribution in [2.24, 2.45) is 0 Å². The smallest absolute Gasteiger partial charge is 0.279 e. The van der Waals surface area contributed by atoms with E-state index < -0.39 is 0 Å². The molecule has 250 valence electrons. The first kappa shape index (κ1) is 36.7. The Morgan fingerprint density at radius 2 is 1.27 bits per heavy atom. The lowest BCUT2D eigenvalue weighted by Crippen LogP contribution is -2.54. The summed E-state index contributed by atoms with van der Waals surface area (Å²) >= 11 is 0. The maximum Gasteiger partial charge on any atom is 0.279 e. The number of quaternary nitrogens is 1. The highest BCUT2D eigenvalue weighted by molar-refractivity contribution is 5.96. The van der Waals surface area contributed by atoms with Gasteiger partial charge in [0.15, 0.2) is 6.54 Å². The van der Waals surface area contributed by atoms with Crippen LogP contribution in [0.5, 0.6) is 0 Å². The number of aryl methyl sites for hydroxylation is 4. The van der Waals surface area contributed by atoms with Crippen LogP contribution in [0.15, 0.2) is 36.4 Å². The molecule has 1 heterocycles. The first-order valence-corrected chi connectivity index (χ1v) is 17.2. The van der Waals surface area contributed by atoms with E-state index in [0.29, 0.717) is 23.9 Å². The zero-order chi connectivity index (χ0) is 32.7. The van der Waals surface area contributed by atoms with E-state index in [2.05, 4.69) is 15.5 Å². The molecular weight excluding hydrogens is 564 g/mol. The van der Waals surface area contributed by atoms with Gasteiger partial charge in [0, 0.05) is 31.0 Å². The molecule has 0 spiro atoms. The first-order valence-electron chi connectivity index (χ1n) is 17.2. The van der Waals surface area contributed by atoms with E-state index in [4.69, 9.17) is 0 Å². The Hall–Kier alpha value is -2.78. The van der Waals surface area contributed by atoms with Crippen molar-refractivity contribution in [3.8, 4) is 0 Å². The summed E-state index contributed by atoms with van der Waals surface area (Å²) in [5.41, 5.74) is 6.12. The number of rotatable bonds is 19. The summed E-state index contributed by atoms with van der Waals surface area (Å²) in [5, 5.41) is 25.6. The number of nitrogens with zero attached hydrogens (tertiary/aromatic N) is 2. The summed E-state index contributed by atoms with van der Waals surface area (Å²) in [6.45, 7) is 13.0. The van der Waals surface area contributed by atoms with Crippen LogP contribution in [0.4, 0.5) is 11.4 Å². The van der Waals surface area contributed by atoms with Crippen molar-refractivity contribution in [3.05, 3.63) is 58.7 Å². The molecule has 4 N–H and O–H groups in total. The summed E-state index contributed by atoms with van der Waals surface area (Å²) in [5.74, 6) is 0.116. The third-order valence-corrected chi connectivity index (χ3v) is 9.53. The topological polar surface area (TPSA) is 102 Å². The Labute approximate surface area is 271 Å². The molecule has 2 aromatic carbocycles. The Morgan fingerprint density at radius 1 is 0.733 bits per heavy atom. The second-order valence-corrected chi connectivity index (χ2v) is 13.2. The molecule has 2 amide bonds. The van der Waals surface area contributed by atoms with E-state index in [1.165, 1.54) is 0 Å². The van der Waals surface area contributed by atoms with Crippen LogP contribution in [0.3, 0.4) is 0 Å². The molecule has 1 aliphatic rings. The molecule has 3 rings (SSSR count). The van der Waals surface area contributed by atoms with Gasteiger partial charge >= 0.3 is 0 Å². The molecule has 0 bridgehead atoms. The Bertz CT molecular complexity index is 1180. The van der Waals surface area contributed by atoms with Crippen LogP contribution in [-0.2, 0) is 9.59 Å². The van der Waals surface area contributed by atoms with Gasteiger partial charge in [-0.05, 0) is 108 Å². The number of hydrogen-bond donors (Lipinski definition) is 4. The molecule has 1 aliphatic heterocycles. The molecule has 2 unspecified atom stereocenters. The second-order valence-electron chi connectivity index (χ2n) is 13.2. The van der Waals surface area contributed by atoms with Gasteiger partial charge in [-0.2, -0.15) is 0 Å². The second kappa shape index (κ2) is 19.0. The molecule has 0 radical (unpaired) electrons. The maximum atomic E-state index is 13.4. The van der Waals surface area contributed by atoms with Crippen LogP contribution in [0.1, 0.15) is 86.5 Å². The highest BCUT2D eigenvalue weighted by Crippen LogP contribution is 2.24. The van der Waals surface area contributed by atoms with Crippen molar-refractivity contribution in [3.63, 3.8) is 0 Å². The number of unbranched alkanes of at least 4 members (excludes halogenated alkanes) is 4. The van der Waals surface area contributed by atoms with E-state index in [9.17, 15) is 19.8 Å². The summed E-state index contributed by atoms with van der Waals surface area (Å²) < 4.78 is 0.629. The highest BCUT2D eigenvalue weighted by Gasteiger charge is 2.31. The largest absolute Gasteiger partial charge is 0.396 e. The minimum atomic E-state index is -0.0810. The number of anilines is 2. The minimum absolute atomic E-state index is 0.00430. The van der Waals surface area contributed by atoms with Crippen molar-refractivity contribution < 1.29 is 24.3 Å². The van der Waals surface area contributed by atoms with E-state index >= 15 is 0 Å². The van der Waals surface area contributed by atoms with Gasteiger partial charge in [-0.25, -0.2) is 0 Å². The molecule has 0 aliphatic carbocycles. The van der Waals surface area contributed by atoms with E-state index in [-0.39, 0.29) is 31.1 Å². The summed E-state index contributed by atoms with van der Waals surface area (Å²) in [6.07, 6.45) is 9.51. The van der Waals surface area contributed by atoms with Crippen LogP contribution in [0.25, 0.3) is 0 Å². The Morgan fingerprint density at radius 3 is 1.87 bits per heavy atom. The summed E-state index contributed by atoms with van der Waals surface area (Å²) in [4.78, 5) is 29.1. The Kier molecular flexibility index (Phi) is 15.5. The normalized spacial score (nSPS) is 16.7. The van der Waals surface area contributed by atoms with Gasteiger partial charge in [-0.15, -0.1) is 0 Å². The molecule has 45 heavy (non-hydrogen) atoms. The molecule has 2 aromatic rings. The summed E-state index contributed by atoms with van der Waals surface area (Å²) in [6, 6.07) is 12.1. The average Bonchev–Trinajstić information content (AvgIpc) is 3.02. The van der Waals surface area contributed by atoms with Gasteiger partial charge in [0.05, 0.1) is 25.7 Å². The van der Waals surface area contributed by atoms with Crippen LogP contribution in [0, 0.1) is 27.7 Å². The first-order chi connectivity index (χ1) is 21.7. The van der Waals surface area contributed by atoms with E-state index in [1.54, 1.807) is 0 Å². The lowest BCUT2D eigenvalue weighted by Gasteiger charge is -2.38. The quantitative estimate of drug-likeness (QED) is 0.116. The number of aliphatic hydroxyl groups excluding tert-OH is 2.